The summed E-state index contributed by atoms with van der Waals surface area (Å²) in [6, 6.07) is 11.0. The Kier molecular flexibility index (Phi) is 11.1. The van der Waals surface area contributed by atoms with Crippen molar-refractivity contribution in [2.75, 3.05) is 42.4 Å². The summed E-state index contributed by atoms with van der Waals surface area (Å²) in [5, 5.41) is 12.6. The van der Waals surface area contributed by atoms with Crippen LogP contribution in [0.4, 0.5) is 11.5 Å². The van der Waals surface area contributed by atoms with Crippen LogP contribution in [0.25, 0.3) is 0 Å². The van der Waals surface area contributed by atoms with E-state index >= 15 is 0 Å². The van der Waals surface area contributed by atoms with Gasteiger partial charge in [-0.2, -0.15) is 0 Å². The van der Waals surface area contributed by atoms with Crippen LogP contribution in [-0.4, -0.2) is 54.5 Å². The van der Waals surface area contributed by atoms with E-state index < -0.39 is 5.97 Å². The second kappa shape index (κ2) is 14.1. The second-order valence-corrected chi connectivity index (χ2v) is 8.01. The molecule has 0 saturated carbocycles. The number of allylic oxidation sites excluding steroid dienone is 3. The fraction of sp³-hybridized carbons (Fsp3) is 0.346. The molecule has 0 unspecified atom stereocenters. The molecule has 1 heterocycles. The van der Waals surface area contributed by atoms with E-state index in [2.05, 4.69) is 45.0 Å². The molecule has 7 nitrogen and oxygen atoms in total. The normalized spacial score (nSPS) is 12.1. The first kappa shape index (κ1) is 26.9. The molecule has 2 N–H and O–H groups in total. The van der Waals surface area contributed by atoms with Gasteiger partial charge in [0.1, 0.15) is 11.7 Å². The van der Waals surface area contributed by atoms with Gasteiger partial charge in [0.2, 0.25) is 0 Å². The molecular weight excluding hydrogens is 450 g/mol. The van der Waals surface area contributed by atoms with Crippen LogP contribution in [0.1, 0.15) is 43.1 Å². The van der Waals surface area contributed by atoms with Crippen molar-refractivity contribution >= 4 is 34.9 Å². The number of likely N-dealkylation sites (N-methyl/N-ethyl adjacent to an activating group) is 2. The molecule has 182 valence electrons. The van der Waals surface area contributed by atoms with Crippen LogP contribution in [-0.2, 0) is 0 Å². The molecular formula is C26H34ClN5O2. The van der Waals surface area contributed by atoms with E-state index in [1.807, 2.05) is 32.2 Å². The van der Waals surface area contributed by atoms with E-state index in [1.54, 1.807) is 36.7 Å². The summed E-state index contributed by atoms with van der Waals surface area (Å²) in [5.41, 5.74) is 3.08. The molecule has 0 aliphatic heterocycles. The maximum atomic E-state index is 11.3. The molecule has 0 saturated heterocycles. The molecule has 0 atom stereocenters. The van der Waals surface area contributed by atoms with Crippen molar-refractivity contribution in [2.45, 2.75) is 27.2 Å². The van der Waals surface area contributed by atoms with Crippen molar-refractivity contribution in [1.29, 1.82) is 0 Å². The Hall–Kier alpha value is -3.32. The number of nitrogens with zero attached hydrogens (tertiary/aromatic N) is 4. The van der Waals surface area contributed by atoms with Crippen molar-refractivity contribution in [2.24, 2.45) is 4.99 Å². The average molecular weight is 484 g/mol. The predicted octanol–water partition coefficient (Wildman–Crippen LogP) is 5.15. The van der Waals surface area contributed by atoms with Gasteiger partial charge < -0.3 is 20.2 Å². The van der Waals surface area contributed by atoms with Crippen LogP contribution in [0.15, 0.2) is 71.6 Å². The van der Waals surface area contributed by atoms with Gasteiger partial charge in [-0.1, -0.05) is 25.1 Å². The number of aromatic carboxylic acids is 1. The SMILES string of the molecule is CC/C=C(\C)NC(=N/C=C/CCl)c1ccc(N(C)CCN(CC)c2cccc(C(=O)O)c2)nc1. The molecule has 1 aromatic carbocycles. The van der Waals surface area contributed by atoms with Crippen molar-refractivity contribution in [3.05, 3.63) is 77.8 Å². The number of rotatable bonds is 12. The number of nitrogens with one attached hydrogen (secondary N) is 1. The van der Waals surface area contributed by atoms with Crippen molar-refractivity contribution in [3.63, 3.8) is 0 Å². The third-order valence-electron chi connectivity index (χ3n) is 5.18. The van der Waals surface area contributed by atoms with Crippen LogP contribution in [0, 0.1) is 0 Å². The van der Waals surface area contributed by atoms with Gasteiger partial charge in [-0.3, -0.25) is 0 Å². The Bertz CT molecular complexity index is 1020. The molecule has 0 bridgehead atoms. The van der Waals surface area contributed by atoms with E-state index in [1.165, 1.54) is 0 Å². The zero-order valence-corrected chi connectivity index (χ0v) is 21.1. The first-order valence-electron chi connectivity index (χ1n) is 11.4. The third-order valence-corrected chi connectivity index (χ3v) is 5.36. The maximum absolute atomic E-state index is 11.3. The first-order chi connectivity index (χ1) is 16.4. The summed E-state index contributed by atoms with van der Waals surface area (Å²) in [4.78, 5) is 24.7. The van der Waals surface area contributed by atoms with Crippen LogP contribution in [0.5, 0.6) is 0 Å². The van der Waals surface area contributed by atoms with Crippen molar-refractivity contribution in [1.82, 2.24) is 10.3 Å². The van der Waals surface area contributed by atoms with Crippen LogP contribution in [0.2, 0.25) is 0 Å². The first-order valence-corrected chi connectivity index (χ1v) is 11.9. The number of pyridine rings is 1. The predicted molar refractivity (Wildman–Crippen MR) is 142 cm³/mol. The number of amidine groups is 1. The highest BCUT2D eigenvalue weighted by atomic mass is 35.5. The molecule has 2 aromatic rings. The molecule has 0 aliphatic carbocycles. The Morgan fingerprint density at radius 1 is 1.21 bits per heavy atom. The standard InChI is InChI=1S/C26H34ClN5O2/c1-5-9-20(3)30-25(28-15-8-14-27)22-12-13-24(29-19-22)31(4)16-17-32(6-2)23-11-7-10-21(18-23)26(33)34/h7-13,15,18-19H,5-6,14,16-17H2,1-4H3,(H,28,30)(H,33,34)/b15-8+,20-9+. The van der Waals surface area contributed by atoms with Gasteiger partial charge in [-0.25, -0.2) is 14.8 Å². The Balaban J connectivity index is 2.10. The second-order valence-electron chi connectivity index (χ2n) is 7.70. The number of carbonyl (C=O) groups is 1. The fourth-order valence-electron chi connectivity index (χ4n) is 3.33. The summed E-state index contributed by atoms with van der Waals surface area (Å²) >= 11 is 5.73. The lowest BCUT2D eigenvalue weighted by molar-refractivity contribution is 0.0697. The summed E-state index contributed by atoms with van der Waals surface area (Å²) < 4.78 is 0. The Morgan fingerprint density at radius 2 is 2.00 bits per heavy atom. The number of alkyl halides is 1. The minimum atomic E-state index is -0.921. The zero-order valence-electron chi connectivity index (χ0n) is 20.3. The van der Waals surface area contributed by atoms with Gasteiger partial charge in [-0.15, -0.1) is 11.6 Å². The Morgan fingerprint density at radius 3 is 2.62 bits per heavy atom. The van der Waals surface area contributed by atoms with Crippen LogP contribution < -0.4 is 15.1 Å². The zero-order chi connectivity index (χ0) is 24.9. The maximum Gasteiger partial charge on any atom is 0.335 e. The molecule has 0 aliphatic rings. The van der Waals surface area contributed by atoms with Crippen molar-refractivity contribution < 1.29 is 9.90 Å². The summed E-state index contributed by atoms with van der Waals surface area (Å²) in [5.74, 6) is 1.03. The summed E-state index contributed by atoms with van der Waals surface area (Å²) in [6.07, 6.45) is 8.30. The molecule has 0 amide bonds. The number of hydrogen-bond donors (Lipinski definition) is 2. The van der Waals surface area contributed by atoms with E-state index in [-0.39, 0.29) is 5.56 Å². The minimum Gasteiger partial charge on any atom is -0.478 e. The van der Waals surface area contributed by atoms with Gasteiger partial charge in [-0.05, 0) is 50.6 Å². The molecule has 0 spiro atoms. The molecule has 34 heavy (non-hydrogen) atoms. The van der Waals surface area contributed by atoms with Crippen LogP contribution >= 0.6 is 11.6 Å². The molecule has 1 aromatic heterocycles. The van der Waals surface area contributed by atoms with Gasteiger partial charge >= 0.3 is 5.97 Å². The van der Waals surface area contributed by atoms with E-state index in [4.69, 9.17) is 11.6 Å². The number of hydrogen-bond acceptors (Lipinski definition) is 5. The van der Waals surface area contributed by atoms with E-state index in [9.17, 15) is 9.90 Å². The lowest BCUT2D eigenvalue weighted by atomic mass is 10.2. The lowest BCUT2D eigenvalue weighted by Gasteiger charge is -2.27. The van der Waals surface area contributed by atoms with E-state index in [0.29, 0.717) is 11.7 Å². The molecule has 8 heteroatoms. The van der Waals surface area contributed by atoms with Crippen LogP contribution in [0.3, 0.4) is 0 Å². The smallest absolute Gasteiger partial charge is 0.335 e. The highest BCUT2D eigenvalue weighted by molar-refractivity contribution is 6.18. The number of carboxylic acids is 1. The van der Waals surface area contributed by atoms with Crippen molar-refractivity contribution in [3.8, 4) is 0 Å². The average Bonchev–Trinajstić information content (AvgIpc) is 2.84. The monoisotopic (exact) mass is 483 g/mol. The highest BCUT2D eigenvalue weighted by Crippen LogP contribution is 2.17. The number of benzene rings is 1. The molecule has 0 radical (unpaired) electrons. The summed E-state index contributed by atoms with van der Waals surface area (Å²) in [7, 11) is 1.99. The quantitative estimate of drug-likeness (QED) is 0.247. The number of aliphatic imine (C=N–C) groups is 1. The minimum absolute atomic E-state index is 0.289. The largest absolute Gasteiger partial charge is 0.478 e. The van der Waals surface area contributed by atoms with Gasteiger partial charge in [0.25, 0.3) is 0 Å². The molecule has 0 fully saturated rings. The van der Waals surface area contributed by atoms with Gasteiger partial charge in [0.05, 0.1) is 5.56 Å². The highest BCUT2D eigenvalue weighted by Gasteiger charge is 2.11. The number of anilines is 2. The number of aromatic nitrogens is 1. The number of halogens is 1. The fourth-order valence-corrected chi connectivity index (χ4v) is 3.41. The van der Waals surface area contributed by atoms with Gasteiger partial charge in [0.15, 0.2) is 0 Å². The third kappa shape index (κ3) is 8.23. The molecule has 2 rings (SSSR count). The number of carboxylic acid groups (broad SMARTS) is 1. The lowest BCUT2D eigenvalue weighted by Crippen LogP contribution is -2.33. The topological polar surface area (TPSA) is 81.1 Å². The summed E-state index contributed by atoms with van der Waals surface area (Å²) in [6.45, 7) is 8.39. The van der Waals surface area contributed by atoms with Gasteiger partial charge in [0, 0.05) is 61.9 Å². The Labute approximate surface area is 207 Å². The van der Waals surface area contributed by atoms with E-state index in [0.717, 1.165) is 48.8 Å².